The summed E-state index contributed by atoms with van der Waals surface area (Å²) in [6, 6.07) is 3.74. The largest absolute Gasteiger partial charge is 0.426 e. The fourth-order valence-electron chi connectivity index (χ4n) is 1.09. The molecule has 0 unspecified atom stereocenters. The second-order valence-corrected chi connectivity index (χ2v) is 3.90. The van der Waals surface area contributed by atoms with Crippen LogP contribution < -0.4 is 10.1 Å². The van der Waals surface area contributed by atoms with E-state index in [1.54, 1.807) is 13.8 Å². The zero-order valence-corrected chi connectivity index (χ0v) is 9.91. The topological polar surface area (TPSA) is 55.4 Å². The molecule has 0 heterocycles. The average molecular weight is 239 g/mol. The van der Waals surface area contributed by atoms with Gasteiger partial charge in [-0.1, -0.05) is 13.8 Å². The minimum atomic E-state index is -0.579. The van der Waals surface area contributed by atoms with Crippen LogP contribution in [0.2, 0.25) is 0 Å². The van der Waals surface area contributed by atoms with Crippen LogP contribution in [0, 0.1) is 11.7 Å². The quantitative estimate of drug-likeness (QED) is 0.650. The summed E-state index contributed by atoms with van der Waals surface area (Å²) in [4.78, 5) is 22.1. The Morgan fingerprint density at radius 3 is 2.53 bits per heavy atom. The van der Waals surface area contributed by atoms with Gasteiger partial charge in [-0.25, -0.2) is 4.39 Å². The van der Waals surface area contributed by atoms with Crippen molar-refractivity contribution >= 4 is 17.6 Å². The highest BCUT2D eigenvalue weighted by molar-refractivity contribution is 5.89. The molecule has 4 nitrogen and oxygen atoms in total. The van der Waals surface area contributed by atoms with E-state index in [1.807, 2.05) is 0 Å². The Labute approximate surface area is 98.8 Å². The van der Waals surface area contributed by atoms with Crippen molar-refractivity contribution in [3.63, 3.8) is 0 Å². The lowest BCUT2D eigenvalue weighted by molar-refractivity contribution is -0.137. The second kappa shape index (κ2) is 5.43. The molecular formula is C12H14FNO3. The molecule has 0 saturated heterocycles. The van der Waals surface area contributed by atoms with Gasteiger partial charge in [0.05, 0.1) is 11.6 Å². The van der Waals surface area contributed by atoms with Gasteiger partial charge in [0.2, 0.25) is 5.91 Å². The van der Waals surface area contributed by atoms with Gasteiger partial charge in [0.15, 0.2) is 0 Å². The summed E-state index contributed by atoms with van der Waals surface area (Å²) >= 11 is 0. The molecule has 1 aromatic rings. The Hall–Kier alpha value is -1.91. The van der Waals surface area contributed by atoms with Crippen molar-refractivity contribution < 1.29 is 18.7 Å². The smallest absolute Gasteiger partial charge is 0.313 e. The molecule has 0 aliphatic carbocycles. The van der Waals surface area contributed by atoms with Crippen molar-refractivity contribution in [1.29, 1.82) is 0 Å². The number of benzene rings is 1. The lowest BCUT2D eigenvalue weighted by atomic mass is 10.2. The molecule has 0 atom stereocenters. The second-order valence-electron chi connectivity index (χ2n) is 3.90. The lowest BCUT2D eigenvalue weighted by Gasteiger charge is -2.09. The summed E-state index contributed by atoms with van der Waals surface area (Å²) in [5.74, 6) is -1.45. The van der Waals surface area contributed by atoms with Crippen molar-refractivity contribution in [3.8, 4) is 5.75 Å². The van der Waals surface area contributed by atoms with E-state index < -0.39 is 17.7 Å². The summed E-state index contributed by atoms with van der Waals surface area (Å²) in [5, 5.41) is 2.31. The van der Waals surface area contributed by atoms with Crippen LogP contribution in [-0.2, 0) is 9.59 Å². The summed E-state index contributed by atoms with van der Waals surface area (Å²) < 4.78 is 18.3. The maximum atomic E-state index is 13.3. The average Bonchev–Trinajstić information content (AvgIpc) is 2.22. The number of anilines is 1. The van der Waals surface area contributed by atoms with E-state index >= 15 is 0 Å². The number of carbonyl (C=O) groups is 2. The molecule has 0 radical (unpaired) electrons. The van der Waals surface area contributed by atoms with Gasteiger partial charge in [-0.05, 0) is 12.1 Å². The number of esters is 1. The molecule has 92 valence electrons. The number of hydrogen-bond donors (Lipinski definition) is 1. The Morgan fingerprint density at radius 2 is 2.00 bits per heavy atom. The third-order valence-corrected chi connectivity index (χ3v) is 1.94. The Balaban J connectivity index is 2.88. The normalized spacial score (nSPS) is 10.2. The Kier molecular flexibility index (Phi) is 4.20. The van der Waals surface area contributed by atoms with Crippen LogP contribution >= 0.6 is 0 Å². The van der Waals surface area contributed by atoms with Gasteiger partial charge in [-0.2, -0.15) is 0 Å². The highest BCUT2D eigenvalue weighted by Gasteiger charge is 2.12. The molecule has 0 saturated carbocycles. The summed E-state index contributed by atoms with van der Waals surface area (Å²) in [6.07, 6.45) is 0. The molecule has 0 aliphatic heterocycles. The van der Waals surface area contributed by atoms with E-state index in [0.29, 0.717) is 0 Å². The van der Waals surface area contributed by atoms with Gasteiger partial charge in [0.1, 0.15) is 11.6 Å². The molecule has 1 aromatic carbocycles. The van der Waals surface area contributed by atoms with E-state index in [-0.39, 0.29) is 17.4 Å². The molecule has 5 heteroatoms. The van der Waals surface area contributed by atoms with Crippen LogP contribution in [0.4, 0.5) is 10.1 Å². The molecule has 1 rings (SSSR count). The first kappa shape index (κ1) is 13.2. The molecule has 0 bridgehead atoms. The van der Waals surface area contributed by atoms with E-state index in [1.165, 1.54) is 19.1 Å². The molecule has 1 amide bonds. The molecule has 0 aromatic heterocycles. The number of amides is 1. The minimum Gasteiger partial charge on any atom is -0.426 e. The third-order valence-electron chi connectivity index (χ3n) is 1.94. The standard InChI is InChI=1S/C12H14FNO3/c1-7(2)12(16)17-9-4-5-10(13)11(6-9)14-8(3)15/h4-7H,1-3H3,(H,14,15). The molecule has 0 fully saturated rings. The monoisotopic (exact) mass is 239 g/mol. The summed E-state index contributed by atoms with van der Waals surface area (Å²) in [6.45, 7) is 4.66. The lowest BCUT2D eigenvalue weighted by Crippen LogP contribution is -2.15. The van der Waals surface area contributed by atoms with Crippen LogP contribution in [0.15, 0.2) is 18.2 Å². The molecule has 0 aliphatic rings. The first-order valence-corrected chi connectivity index (χ1v) is 5.19. The number of nitrogens with one attached hydrogen (secondary N) is 1. The maximum absolute atomic E-state index is 13.3. The number of halogens is 1. The van der Waals surface area contributed by atoms with Crippen molar-refractivity contribution in [2.24, 2.45) is 5.92 Å². The molecule has 0 spiro atoms. The van der Waals surface area contributed by atoms with Crippen LogP contribution in [0.5, 0.6) is 5.75 Å². The molecular weight excluding hydrogens is 225 g/mol. The van der Waals surface area contributed by atoms with Gasteiger partial charge >= 0.3 is 5.97 Å². The van der Waals surface area contributed by atoms with Gasteiger partial charge in [0.25, 0.3) is 0 Å². The number of ether oxygens (including phenoxy) is 1. The van der Waals surface area contributed by atoms with Crippen molar-refractivity contribution in [2.75, 3.05) is 5.32 Å². The van der Waals surface area contributed by atoms with E-state index in [2.05, 4.69) is 5.32 Å². The zero-order valence-electron chi connectivity index (χ0n) is 9.91. The predicted molar refractivity (Wildman–Crippen MR) is 61.2 cm³/mol. The first-order valence-electron chi connectivity index (χ1n) is 5.19. The van der Waals surface area contributed by atoms with Gasteiger partial charge in [0, 0.05) is 13.0 Å². The van der Waals surface area contributed by atoms with Gasteiger partial charge < -0.3 is 10.1 Å². The van der Waals surface area contributed by atoms with Crippen molar-refractivity contribution in [1.82, 2.24) is 0 Å². The fraction of sp³-hybridized carbons (Fsp3) is 0.333. The number of rotatable bonds is 3. The third kappa shape index (κ3) is 3.86. The van der Waals surface area contributed by atoms with Gasteiger partial charge in [-0.3, -0.25) is 9.59 Å². The summed E-state index contributed by atoms with van der Waals surface area (Å²) in [7, 11) is 0. The predicted octanol–water partition coefficient (Wildman–Crippen LogP) is 2.35. The highest BCUT2D eigenvalue weighted by atomic mass is 19.1. The summed E-state index contributed by atoms with van der Waals surface area (Å²) in [5.41, 5.74) is -0.00782. The van der Waals surface area contributed by atoms with Crippen LogP contribution in [0.25, 0.3) is 0 Å². The number of hydrogen-bond acceptors (Lipinski definition) is 3. The molecule has 1 N–H and O–H groups in total. The van der Waals surface area contributed by atoms with Gasteiger partial charge in [-0.15, -0.1) is 0 Å². The highest BCUT2D eigenvalue weighted by Crippen LogP contribution is 2.22. The van der Waals surface area contributed by atoms with E-state index in [0.717, 1.165) is 6.07 Å². The maximum Gasteiger partial charge on any atom is 0.313 e. The Bertz CT molecular complexity index is 443. The SMILES string of the molecule is CC(=O)Nc1cc(OC(=O)C(C)C)ccc1F. The molecule has 17 heavy (non-hydrogen) atoms. The first-order chi connectivity index (χ1) is 7.90. The van der Waals surface area contributed by atoms with Crippen molar-refractivity contribution in [3.05, 3.63) is 24.0 Å². The fourth-order valence-corrected chi connectivity index (χ4v) is 1.09. The minimum absolute atomic E-state index is 0.00782. The van der Waals surface area contributed by atoms with Crippen LogP contribution in [-0.4, -0.2) is 11.9 Å². The van der Waals surface area contributed by atoms with Crippen LogP contribution in [0.3, 0.4) is 0 Å². The van der Waals surface area contributed by atoms with Crippen molar-refractivity contribution in [2.45, 2.75) is 20.8 Å². The zero-order chi connectivity index (χ0) is 13.0. The number of carbonyl (C=O) groups excluding carboxylic acids is 2. The van der Waals surface area contributed by atoms with E-state index in [4.69, 9.17) is 4.74 Å². The Morgan fingerprint density at radius 1 is 1.35 bits per heavy atom. The van der Waals surface area contributed by atoms with E-state index in [9.17, 15) is 14.0 Å². The van der Waals surface area contributed by atoms with Crippen LogP contribution in [0.1, 0.15) is 20.8 Å².